The summed E-state index contributed by atoms with van der Waals surface area (Å²) in [5, 5.41) is 9.04. The van der Waals surface area contributed by atoms with E-state index in [9.17, 15) is 8.78 Å². The van der Waals surface area contributed by atoms with Crippen molar-refractivity contribution in [1.82, 2.24) is 0 Å². The quantitative estimate of drug-likeness (QED) is 0.791. The summed E-state index contributed by atoms with van der Waals surface area (Å²) < 4.78 is 24.2. The lowest BCUT2D eigenvalue weighted by Gasteiger charge is -2.09. The topological polar surface area (TPSA) is 20.2 Å². The van der Waals surface area contributed by atoms with Gasteiger partial charge in [0, 0.05) is 0 Å². The van der Waals surface area contributed by atoms with Crippen LogP contribution >= 0.6 is 0 Å². The van der Waals surface area contributed by atoms with Crippen molar-refractivity contribution in [2.45, 2.75) is 19.5 Å². The molecule has 1 nitrogen and oxygen atoms in total. The molecule has 1 aromatic carbocycles. The Bertz CT molecular complexity index is 306. The van der Waals surface area contributed by atoms with Crippen LogP contribution in [0.25, 0.3) is 6.08 Å². The minimum absolute atomic E-state index is 0.270. The van der Waals surface area contributed by atoms with Crippen molar-refractivity contribution < 1.29 is 13.9 Å². The lowest BCUT2D eigenvalue weighted by atomic mass is 10.1. The minimum Gasteiger partial charge on any atom is -0.383 e. The number of halogens is 2. The zero-order chi connectivity index (χ0) is 10.6. The molecule has 0 amide bonds. The first kappa shape index (κ1) is 10.9. The standard InChI is InChI=1S/C11H12F2O/c1-8(10(14)11(12)13)7-9-5-3-2-4-6-9/h2-7,10-11,14H,1H3/b8-7+. The van der Waals surface area contributed by atoms with Crippen molar-refractivity contribution in [3.8, 4) is 0 Å². The highest BCUT2D eigenvalue weighted by molar-refractivity contribution is 5.53. The summed E-state index contributed by atoms with van der Waals surface area (Å²) in [4.78, 5) is 0. The van der Waals surface area contributed by atoms with Gasteiger partial charge in [-0.25, -0.2) is 8.78 Å². The number of aliphatic hydroxyl groups excluding tert-OH is 1. The molecule has 0 saturated carbocycles. The molecular weight excluding hydrogens is 186 g/mol. The number of benzene rings is 1. The van der Waals surface area contributed by atoms with Crippen LogP contribution in [0.4, 0.5) is 8.78 Å². The average Bonchev–Trinajstić information content (AvgIpc) is 2.18. The molecule has 0 aliphatic rings. The fourth-order valence-electron chi connectivity index (χ4n) is 1.10. The van der Waals surface area contributed by atoms with Crippen LogP contribution in [0.15, 0.2) is 35.9 Å². The van der Waals surface area contributed by atoms with Crippen molar-refractivity contribution in [3.05, 3.63) is 41.5 Å². The molecule has 0 bridgehead atoms. The van der Waals surface area contributed by atoms with Crippen molar-refractivity contribution in [2.24, 2.45) is 0 Å². The molecule has 14 heavy (non-hydrogen) atoms. The van der Waals surface area contributed by atoms with Crippen LogP contribution < -0.4 is 0 Å². The second-order valence-corrected chi connectivity index (χ2v) is 3.08. The Labute approximate surface area is 81.7 Å². The van der Waals surface area contributed by atoms with Crippen molar-refractivity contribution >= 4 is 6.08 Å². The van der Waals surface area contributed by atoms with Crippen LogP contribution in [-0.2, 0) is 0 Å². The van der Waals surface area contributed by atoms with Gasteiger partial charge in [-0.05, 0) is 18.1 Å². The summed E-state index contributed by atoms with van der Waals surface area (Å²) in [7, 11) is 0. The van der Waals surface area contributed by atoms with Crippen LogP contribution in [0.1, 0.15) is 12.5 Å². The maximum atomic E-state index is 12.1. The monoisotopic (exact) mass is 198 g/mol. The maximum Gasteiger partial charge on any atom is 0.267 e. The summed E-state index contributed by atoms with van der Waals surface area (Å²) in [6, 6.07) is 9.06. The third-order valence-electron chi connectivity index (χ3n) is 1.90. The van der Waals surface area contributed by atoms with E-state index in [0.29, 0.717) is 0 Å². The molecule has 1 aromatic rings. The minimum atomic E-state index is -2.73. The zero-order valence-electron chi connectivity index (χ0n) is 7.82. The summed E-state index contributed by atoms with van der Waals surface area (Å²) in [5.74, 6) is 0. The molecule has 76 valence electrons. The molecule has 0 fully saturated rings. The lowest BCUT2D eigenvalue weighted by molar-refractivity contribution is 0.0181. The molecule has 0 radical (unpaired) electrons. The van der Waals surface area contributed by atoms with Gasteiger partial charge in [-0.15, -0.1) is 0 Å². The van der Waals surface area contributed by atoms with Gasteiger partial charge < -0.3 is 5.11 Å². The van der Waals surface area contributed by atoms with Crippen LogP contribution in [0, 0.1) is 0 Å². The molecule has 0 aliphatic heterocycles. The first-order chi connectivity index (χ1) is 6.61. The SMILES string of the molecule is C/C(=C\c1ccccc1)C(O)C(F)F. The molecule has 0 saturated heterocycles. The van der Waals surface area contributed by atoms with E-state index in [0.717, 1.165) is 5.56 Å². The van der Waals surface area contributed by atoms with Crippen molar-refractivity contribution in [3.63, 3.8) is 0 Å². The molecule has 1 unspecified atom stereocenters. The Morgan fingerprint density at radius 3 is 2.36 bits per heavy atom. The van der Waals surface area contributed by atoms with Crippen molar-refractivity contribution in [1.29, 1.82) is 0 Å². The Balaban J connectivity index is 2.79. The Hall–Kier alpha value is -1.22. The Morgan fingerprint density at radius 2 is 1.86 bits per heavy atom. The number of hydrogen-bond donors (Lipinski definition) is 1. The second-order valence-electron chi connectivity index (χ2n) is 3.08. The first-order valence-electron chi connectivity index (χ1n) is 4.30. The van der Waals surface area contributed by atoms with Gasteiger partial charge in [0.15, 0.2) is 0 Å². The van der Waals surface area contributed by atoms with Crippen LogP contribution in [0.3, 0.4) is 0 Å². The van der Waals surface area contributed by atoms with Gasteiger partial charge >= 0.3 is 0 Å². The molecule has 3 heteroatoms. The molecule has 1 rings (SSSR count). The van der Waals surface area contributed by atoms with Gasteiger partial charge in [0.05, 0.1) is 0 Å². The zero-order valence-corrected chi connectivity index (χ0v) is 7.82. The normalized spacial score (nSPS) is 14.5. The molecule has 1 atom stereocenters. The Kier molecular flexibility index (Phi) is 3.77. The van der Waals surface area contributed by atoms with Gasteiger partial charge in [-0.3, -0.25) is 0 Å². The van der Waals surface area contributed by atoms with Crippen molar-refractivity contribution in [2.75, 3.05) is 0 Å². The smallest absolute Gasteiger partial charge is 0.267 e. The predicted octanol–water partition coefficient (Wildman–Crippen LogP) is 2.72. The number of hydrogen-bond acceptors (Lipinski definition) is 1. The highest BCUT2D eigenvalue weighted by Gasteiger charge is 2.17. The van der Waals surface area contributed by atoms with E-state index in [-0.39, 0.29) is 5.57 Å². The maximum absolute atomic E-state index is 12.1. The summed E-state index contributed by atoms with van der Waals surface area (Å²) in [6.07, 6.45) is -2.85. The first-order valence-corrected chi connectivity index (χ1v) is 4.30. The molecule has 0 aromatic heterocycles. The highest BCUT2D eigenvalue weighted by Crippen LogP contribution is 2.14. The van der Waals surface area contributed by atoms with Crippen LogP contribution in [0.5, 0.6) is 0 Å². The van der Waals surface area contributed by atoms with Gasteiger partial charge in [-0.1, -0.05) is 36.4 Å². The fourth-order valence-corrected chi connectivity index (χ4v) is 1.10. The third kappa shape index (κ3) is 2.92. The molecule has 0 spiro atoms. The number of rotatable bonds is 3. The predicted molar refractivity (Wildman–Crippen MR) is 52.1 cm³/mol. The van der Waals surface area contributed by atoms with E-state index in [1.54, 1.807) is 18.2 Å². The second kappa shape index (κ2) is 4.86. The van der Waals surface area contributed by atoms with Gasteiger partial charge in [0.25, 0.3) is 6.43 Å². The van der Waals surface area contributed by atoms with Crippen LogP contribution in [-0.4, -0.2) is 17.6 Å². The largest absolute Gasteiger partial charge is 0.383 e. The van der Waals surface area contributed by atoms with Gasteiger partial charge in [0.2, 0.25) is 0 Å². The number of alkyl halides is 2. The van der Waals surface area contributed by atoms with E-state index in [1.807, 2.05) is 18.2 Å². The third-order valence-corrected chi connectivity index (χ3v) is 1.90. The number of aliphatic hydroxyl groups is 1. The van der Waals surface area contributed by atoms with Gasteiger partial charge in [-0.2, -0.15) is 0 Å². The van der Waals surface area contributed by atoms with E-state index in [4.69, 9.17) is 5.11 Å². The average molecular weight is 198 g/mol. The fraction of sp³-hybridized carbons (Fsp3) is 0.273. The molecular formula is C11H12F2O. The van der Waals surface area contributed by atoms with E-state index in [2.05, 4.69) is 0 Å². The summed E-state index contributed by atoms with van der Waals surface area (Å²) >= 11 is 0. The van der Waals surface area contributed by atoms with E-state index >= 15 is 0 Å². The molecule has 0 aliphatic carbocycles. The van der Waals surface area contributed by atoms with E-state index < -0.39 is 12.5 Å². The summed E-state index contributed by atoms with van der Waals surface area (Å²) in [5.41, 5.74) is 1.08. The van der Waals surface area contributed by atoms with Gasteiger partial charge in [0.1, 0.15) is 6.10 Å². The lowest BCUT2D eigenvalue weighted by Crippen LogP contribution is -2.18. The van der Waals surface area contributed by atoms with E-state index in [1.165, 1.54) is 6.92 Å². The highest BCUT2D eigenvalue weighted by atomic mass is 19.3. The van der Waals surface area contributed by atoms with Crippen LogP contribution in [0.2, 0.25) is 0 Å². The molecule has 0 heterocycles. The Morgan fingerprint density at radius 1 is 1.29 bits per heavy atom. The summed E-state index contributed by atoms with van der Waals surface area (Å²) in [6.45, 7) is 1.49. The molecule has 1 N–H and O–H groups in total.